The van der Waals surface area contributed by atoms with Crippen molar-refractivity contribution in [1.82, 2.24) is 4.98 Å². The topological polar surface area (TPSA) is 44.9 Å². The lowest BCUT2D eigenvalue weighted by molar-refractivity contribution is -0.1000. The van der Waals surface area contributed by atoms with Gasteiger partial charge in [0, 0.05) is 16.8 Å². The fourth-order valence-corrected chi connectivity index (χ4v) is 2.14. The molecule has 0 radical (unpaired) electrons. The second kappa shape index (κ2) is 4.26. The third-order valence-corrected chi connectivity index (χ3v) is 3.00. The van der Waals surface area contributed by atoms with Crippen LogP contribution in [0.2, 0.25) is 0 Å². The normalized spacial score (nSPS) is 11.9. The molecule has 0 saturated carbocycles. The van der Waals surface area contributed by atoms with Crippen molar-refractivity contribution in [2.75, 3.05) is 5.32 Å². The smallest absolute Gasteiger partial charge is 0.354 e. The number of aromatic amines is 1. The van der Waals surface area contributed by atoms with E-state index in [0.29, 0.717) is 5.69 Å². The van der Waals surface area contributed by atoms with Gasteiger partial charge in [0.15, 0.2) is 0 Å². The molecule has 1 aromatic carbocycles. The number of anilines is 1. The highest BCUT2D eigenvalue weighted by molar-refractivity contribution is 5.86. The number of halogens is 3. The Bertz CT molecular complexity index is 808. The quantitative estimate of drug-likeness (QED) is 0.528. The van der Waals surface area contributed by atoms with E-state index >= 15 is 0 Å². The lowest BCUT2D eigenvalue weighted by Crippen LogP contribution is -2.25. The summed E-state index contributed by atoms with van der Waals surface area (Å²) in [6, 6.07) is 11.4. The Morgan fingerprint density at radius 3 is 2.55 bits per heavy atom. The molecular weight excluding hydrogens is 269 g/mol. The van der Waals surface area contributed by atoms with Crippen molar-refractivity contribution in [3.8, 4) is 11.3 Å². The predicted octanol–water partition coefficient (Wildman–Crippen LogP) is 3.56. The minimum atomic E-state index is -4.63. The first kappa shape index (κ1) is 12.5. The zero-order chi connectivity index (χ0) is 14.3. The molecule has 2 N–H and O–H groups in total. The zero-order valence-electron chi connectivity index (χ0n) is 10.1. The molecule has 102 valence electrons. The highest BCUT2D eigenvalue weighted by Crippen LogP contribution is 2.25. The first-order valence-electron chi connectivity index (χ1n) is 5.84. The molecule has 3 rings (SSSR count). The third kappa shape index (κ3) is 2.20. The van der Waals surface area contributed by atoms with Crippen LogP contribution in [0.3, 0.4) is 0 Å². The Balaban J connectivity index is 2.24. The number of fused-ring (bicyclic) bond motifs is 2. The van der Waals surface area contributed by atoms with Gasteiger partial charge in [0.25, 0.3) is 0 Å². The van der Waals surface area contributed by atoms with E-state index in [1.165, 1.54) is 11.4 Å². The number of H-pyrrole nitrogens is 1. The van der Waals surface area contributed by atoms with Gasteiger partial charge in [-0.15, -0.1) is 0 Å². The van der Waals surface area contributed by atoms with E-state index < -0.39 is 17.4 Å². The lowest BCUT2D eigenvalue weighted by Gasteiger charge is -2.12. The van der Waals surface area contributed by atoms with Crippen LogP contribution in [0, 0.1) is 0 Å². The Labute approximate surface area is 111 Å². The molecule has 6 heteroatoms. The second-order valence-corrected chi connectivity index (χ2v) is 4.38. The lowest BCUT2D eigenvalue weighted by atomic mass is 10.0. The maximum atomic E-state index is 12.3. The molecule has 1 heterocycles. The van der Waals surface area contributed by atoms with Gasteiger partial charge in [0.2, 0.25) is 5.43 Å². The molecule has 1 aromatic rings. The number of aromatic nitrogens is 1. The van der Waals surface area contributed by atoms with E-state index in [1.54, 1.807) is 18.2 Å². The van der Waals surface area contributed by atoms with Crippen molar-refractivity contribution >= 4 is 16.6 Å². The summed E-state index contributed by atoms with van der Waals surface area (Å²) in [5.41, 5.74) is 0.380. The molecule has 0 spiro atoms. The first-order chi connectivity index (χ1) is 9.44. The van der Waals surface area contributed by atoms with Crippen molar-refractivity contribution < 1.29 is 13.2 Å². The van der Waals surface area contributed by atoms with Gasteiger partial charge in [-0.3, -0.25) is 10.1 Å². The van der Waals surface area contributed by atoms with Crippen LogP contribution in [0.1, 0.15) is 0 Å². The van der Waals surface area contributed by atoms with Crippen LogP contribution in [-0.2, 0) is 0 Å². The van der Waals surface area contributed by atoms with Crippen LogP contribution >= 0.6 is 0 Å². The molecule has 0 atom stereocenters. The van der Waals surface area contributed by atoms with Crippen LogP contribution in [0.25, 0.3) is 22.2 Å². The van der Waals surface area contributed by atoms with Crippen molar-refractivity contribution in [2.45, 2.75) is 6.30 Å². The van der Waals surface area contributed by atoms with Gasteiger partial charge in [-0.05, 0) is 29.7 Å². The molecule has 2 aliphatic rings. The fourth-order valence-electron chi connectivity index (χ4n) is 2.14. The number of hydrogen-bond acceptors (Lipinski definition) is 2. The van der Waals surface area contributed by atoms with E-state index in [4.69, 9.17) is 0 Å². The first-order valence-corrected chi connectivity index (χ1v) is 5.84. The molecule has 0 saturated heterocycles. The fraction of sp³-hybridized carbons (Fsp3) is 0.0714. The Kier molecular flexibility index (Phi) is 2.67. The third-order valence-electron chi connectivity index (χ3n) is 3.00. The van der Waals surface area contributed by atoms with E-state index in [9.17, 15) is 18.0 Å². The number of pyridine rings is 1. The van der Waals surface area contributed by atoms with Crippen molar-refractivity contribution in [3.05, 3.63) is 52.7 Å². The zero-order valence-corrected chi connectivity index (χ0v) is 10.1. The summed E-state index contributed by atoms with van der Waals surface area (Å²) in [7, 11) is 0. The summed E-state index contributed by atoms with van der Waals surface area (Å²) in [5.74, 6) is 0. The Hall–Kier alpha value is -2.50. The van der Waals surface area contributed by atoms with Gasteiger partial charge >= 0.3 is 6.30 Å². The summed E-state index contributed by atoms with van der Waals surface area (Å²) in [5, 5.41) is 2.03. The van der Waals surface area contributed by atoms with Crippen molar-refractivity contribution in [2.24, 2.45) is 0 Å². The molecule has 0 amide bonds. The molecule has 20 heavy (non-hydrogen) atoms. The van der Waals surface area contributed by atoms with Crippen LogP contribution < -0.4 is 10.7 Å². The molecule has 1 aliphatic heterocycles. The highest BCUT2D eigenvalue weighted by Gasteiger charge is 2.28. The average Bonchev–Trinajstić information content (AvgIpc) is 2.39. The number of benzene rings is 2. The van der Waals surface area contributed by atoms with Crippen molar-refractivity contribution in [3.63, 3.8) is 0 Å². The molecule has 1 aliphatic carbocycles. The van der Waals surface area contributed by atoms with Gasteiger partial charge < -0.3 is 4.98 Å². The maximum absolute atomic E-state index is 12.3. The second-order valence-electron chi connectivity index (χ2n) is 4.38. The minimum absolute atomic E-state index is 0.220. The van der Waals surface area contributed by atoms with E-state index in [0.717, 1.165) is 17.0 Å². The average molecular weight is 278 g/mol. The number of para-hydroxylation sites is 1. The van der Waals surface area contributed by atoms with E-state index in [1.807, 2.05) is 12.1 Å². The Morgan fingerprint density at radius 1 is 1.05 bits per heavy atom. The molecule has 0 bridgehead atoms. The molecule has 0 aromatic heterocycles. The van der Waals surface area contributed by atoms with Gasteiger partial charge in [-0.2, -0.15) is 13.2 Å². The minimum Gasteiger partial charge on any atom is -0.354 e. The molecule has 0 unspecified atom stereocenters. The number of alkyl halides is 3. The Morgan fingerprint density at radius 2 is 1.80 bits per heavy atom. The van der Waals surface area contributed by atoms with Crippen LogP contribution in [0.5, 0.6) is 0 Å². The SMILES string of the molecule is O=c1c(NC(F)(F)F)ccc2[nH]c3ccccc3cc1-2. The van der Waals surface area contributed by atoms with Crippen molar-refractivity contribution in [1.29, 1.82) is 0 Å². The van der Waals surface area contributed by atoms with Gasteiger partial charge in [-0.1, -0.05) is 18.2 Å². The molecular formula is C14H9F3N2O. The summed E-state index contributed by atoms with van der Waals surface area (Å²) in [6.45, 7) is 0. The monoisotopic (exact) mass is 278 g/mol. The van der Waals surface area contributed by atoms with Crippen LogP contribution in [0.4, 0.5) is 18.9 Å². The molecule has 0 fully saturated rings. The van der Waals surface area contributed by atoms with Crippen LogP contribution in [0.15, 0.2) is 47.3 Å². The number of nitrogens with one attached hydrogen (secondary N) is 2. The summed E-state index contributed by atoms with van der Waals surface area (Å²) >= 11 is 0. The van der Waals surface area contributed by atoms with Crippen LogP contribution in [-0.4, -0.2) is 11.3 Å². The predicted molar refractivity (Wildman–Crippen MR) is 70.9 cm³/mol. The summed E-state index contributed by atoms with van der Waals surface area (Å²) in [6.07, 6.45) is -4.63. The van der Waals surface area contributed by atoms with Gasteiger partial charge in [-0.25, -0.2) is 0 Å². The summed E-state index contributed by atoms with van der Waals surface area (Å²) < 4.78 is 36.9. The summed E-state index contributed by atoms with van der Waals surface area (Å²) in [4.78, 5) is 15.1. The largest absolute Gasteiger partial charge is 0.482 e. The van der Waals surface area contributed by atoms with E-state index in [2.05, 4.69) is 4.98 Å². The standard InChI is InChI=1S/C14H9F3N2O/c15-14(16,17)19-12-6-5-11-9(13(12)20)7-8-3-1-2-4-10(8)18-11/h1-7,18-19H. The number of hydrogen-bond donors (Lipinski definition) is 2. The van der Waals surface area contributed by atoms with Gasteiger partial charge in [0.1, 0.15) is 0 Å². The highest BCUT2D eigenvalue weighted by atomic mass is 19.4. The number of rotatable bonds is 1. The van der Waals surface area contributed by atoms with E-state index in [-0.39, 0.29) is 5.56 Å². The van der Waals surface area contributed by atoms with Gasteiger partial charge in [0.05, 0.1) is 5.69 Å². The maximum Gasteiger partial charge on any atom is 0.482 e. The molecule has 3 nitrogen and oxygen atoms in total.